The zero-order chi connectivity index (χ0) is 24.2. The fourth-order valence-electron chi connectivity index (χ4n) is 3.76. The monoisotopic (exact) mass is 460 g/mol. The molecule has 0 aliphatic heterocycles. The molecule has 7 nitrogen and oxygen atoms in total. The van der Waals surface area contributed by atoms with Crippen molar-refractivity contribution in [1.82, 2.24) is 15.0 Å². The number of phenols is 1. The number of rotatable bonds is 6. The topological polar surface area (TPSA) is 95.3 Å². The van der Waals surface area contributed by atoms with Gasteiger partial charge in [0.1, 0.15) is 5.75 Å². The van der Waals surface area contributed by atoms with Crippen molar-refractivity contribution >= 4 is 34.4 Å². The zero-order valence-corrected chi connectivity index (χ0v) is 19.4. The van der Waals surface area contributed by atoms with Crippen LogP contribution in [0.2, 0.25) is 0 Å². The lowest BCUT2D eigenvalue weighted by molar-refractivity contribution is 0.475. The quantitative estimate of drug-likeness (QED) is 0.206. The van der Waals surface area contributed by atoms with Crippen molar-refractivity contribution in [2.45, 2.75) is 13.8 Å². The molecule has 172 valence electrons. The van der Waals surface area contributed by atoms with Crippen molar-refractivity contribution < 1.29 is 5.11 Å². The van der Waals surface area contributed by atoms with Gasteiger partial charge in [-0.05, 0) is 73.5 Å². The number of pyridine rings is 1. The van der Waals surface area contributed by atoms with Gasteiger partial charge in [0.2, 0.25) is 5.95 Å². The fourth-order valence-corrected chi connectivity index (χ4v) is 3.76. The molecule has 0 spiro atoms. The molecule has 0 aliphatic rings. The normalized spacial score (nSPS) is 11.1. The maximum Gasteiger partial charge on any atom is 0.244 e. The predicted octanol–water partition coefficient (Wildman–Crippen LogP) is 6.20. The van der Waals surface area contributed by atoms with Gasteiger partial charge in [-0.3, -0.25) is 4.98 Å². The Kier molecular flexibility index (Phi) is 6.05. The van der Waals surface area contributed by atoms with Crippen LogP contribution in [0.3, 0.4) is 0 Å². The molecule has 0 bridgehead atoms. The molecule has 5 rings (SSSR count). The first-order chi connectivity index (χ1) is 17.0. The van der Waals surface area contributed by atoms with Crippen molar-refractivity contribution in [1.29, 1.82) is 0 Å². The number of hydrogen-bond donors (Lipinski definition) is 3. The highest BCUT2D eigenvalue weighted by Crippen LogP contribution is 2.25. The van der Waals surface area contributed by atoms with Crippen LogP contribution in [0.1, 0.15) is 17.0 Å². The molecular weight excluding hydrogens is 436 g/mol. The van der Waals surface area contributed by atoms with E-state index in [0.717, 1.165) is 39.1 Å². The molecule has 3 aromatic carbocycles. The lowest BCUT2D eigenvalue weighted by Crippen LogP contribution is -2.00. The molecule has 0 fully saturated rings. The van der Waals surface area contributed by atoms with E-state index in [2.05, 4.69) is 43.8 Å². The Balaban J connectivity index is 1.21. The lowest BCUT2D eigenvalue weighted by Gasteiger charge is -2.08. The van der Waals surface area contributed by atoms with Crippen LogP contribution in [0.5, 0.6) is 5.75 Å². The number of fused-ring (bicyclic) bond motifs is 1. The number of hydrazone groups is 1. The lowest BCUT2D eigenvalue weighted by atomic mass is 10.1. The van der Waals surface area contributed by atoms with E-state index < -0.39 is 0 Å². The third kappa shape index (κ3) is 5.25. The summed E-state index contributed by atoms with van der Waals surface area (Å²) in [5.41, 5.74) is 10.4. The number of aromatic nitrogens is 3. The minimum absolute atomic E-state index is 0.254. The Hall–Kier alpha value is -4.78. The van der Waals surface area contributed by atoms with E-state index in [9.17, 15) is 5.11 Å². The summed E-state index contributed by atoms with van der Waals surface area (Å²) in [7, 11) is 0. The average Bonchev–Trinajstić information content (AvgIpc) is 2.86. The maximum atomic E-state index is 9.68. The molecule has 3 N–H and O–H groups in total. The molecule has 7 heteroatoms. The molecule has 0 aliphatic carbocycles. The van der Waals surface area contributed by atoms with Crippen LogP contribution >= 0.6 is 0 Å². The summed E-state index contributed by atoms with van der Waals surface area (Å²) in [4.78, 5) is 13.4. The summed E-state index contributed by atoms with van der Waals surface area (Å²) in [6, 6.07) is 25.1. The average molecular weight is 461 g/mol. The summed E-state index contributed by atoms with van der Waals surface area (Å²) >= 11 is 0. The summed E-state index contributed by atoms with van der Waals surface area (Å²) in [5, 5.41) is 18.3. The second-order valence-electron chi connectivity index (χ2n) is 8.25. The highest BCUT2D eigenvalue weighted by molar-refractivity contribution is 5.83. The largest absolute Gasteiger partial charge is 0.508 e. The molecule has 2 aromatic heterocycles. The first-order valence-electron chi connectivity index (χ1n) is 11.2. The smallest absolute Gasteiger partial charge is 0.244 e. The number of nitrogens with one attached hydrogen (secondary N) is 2. The minimum Gasteiger partial charge on any atom is -0.508 e. The highest BCUT2D eigenvalue weighted by atomic mass is 16.3. The number of anilines is 3. The first-order valence-corrected chi connectivity index (χ1v) is 11.2. The Morgan fingerprint density at radius 1 is 0.829 bits per heavy atom. The number of aryl methyl sites for hydroxylation is 2. The Morgan fingerprint density at radius 3 is 2.43 bits per heavy atom. The van der Waals surface area contributed by atoms with E-state index in [1.165, 1.54) is 5.56 Å². The van der Waals surface area contributed by atoms with Gasteiger partial charge in [-0.25, -0.2) is 15.4 Å². The third-order valence-corrected chi connectivity index (χ3v) is 5.54. The summed E-state index contributed by atoms with van der Waals surface area (Å²) in [5.74, 6) is 0.701. The molecule has 0 saturated heterocycles. The van der Waals surface area contributed by atoms with E-state index >= 15 is 0 Å². The van der Waals surface area contributed by atoms with Gasteiger partial charge in [0, 0.05) is 11.1 Å². The molecule has 0 amide bonds. The summed E-state index contributed by atoms with van der Waals surface area (Å²) in [6.45, 7) is 4.02. The fraction of sp³-hybridized carbons (Fsp3) is 0.0714. The van der Waals surface area contributed by atoms with Crippen LogP contribution in [0.15, 0.2) is 90.2 Å². The molecule has 2 heterocycles. The van der Waals surface area contributed by atoms with Gasteiger partial charge in [0.05, 0.1) is 35.0 Å². The zero-order valence-electron chi connectivity index (χ0n) is 19.4. The third-order valence-electron chi connectivity index (χ3n) is 5.54. The van der Waals surface area contributed by atoms with E-state index in [1.807, 2.05) is 67.6 Å². The van der Waals surface area contributed by atoms with Crippen molar-refractivity contribution in [2.24, 2.45) is 5.10 Å². The van der Waals surface area contributed by atoms with Crippen molar-refractivity contribution in [2.75, 3.05) is 10.7 Å². The highest BCUT2D eigenvalue weighted by Gasteiger charge is 2.04. The van der Waals surface area contributed by atoms with Gasteiger partial charge in [-0.1, -0.05) is 35.9 Å². The first kappa shape index (κ1) is 22.0. The van der Waals surface area contributed by atoms with Crippen molar-refractivity contribution in [3.05, 3.63) is 102 Å². The molecule has 35 heavy (non-hydrogen) atoms. The van der Waals surface area contributed by atoms with E-state index in [1.54, 1.807) is 24.5 Å². The van der Waals surface area contributed by atoms with E-state index in [0.29, 0.717) is 11.6 Å². The molecule has 5 aromatic rings. The Morgan fingerprint density at radius 2 is 1.66 bits per heavy atom. The number of nitrogens with zero attached hydrogens (tertiary/aromatic N) is 4. The van der Waals surface area contributed by atoms with Crippen LogP contribution in [0.25, 0.3) is 22.0 Å². The van der Waals surface area contributed by atoms with Crippen molar-refractivity contribution in [3.8, 4) is 16.9 Å². The van der Waals surface area contributed by atoms with Crippen LogP contribution in [-0.2, 0) is 0 Å². The standard InChI is InChI=1S/C28H24N6O/c1-18-6-13-27-26(14-18)19(2)31-28(33-27)34-30-17-23-11-12-24(16-29-23)32-22-9-7-20(8-10-22)21-4-3-5-25(35)15-21/h3-17,32,35H,1-2H3,(H,31,33,34)/b30-17+. The van der Waals surface area contributed by atoms with Gasteiger partial charge < -0.3 is 10.4 Å². The predicted molar refractivity (Wildman–Crippen MR) is 141 cm³/mol. The summed E-state index contributed by atoms with van der Waals surface area (Å²) in [6.07, 6.45) is 3.38. The van der Waals surface area contributed by atoms with Gasteiger partial charge in [0.25, 0.3) is 0 Å². The SMILES string of the molecule is Cc1ccc2nc(N/N=C/c3ccc(Nc4ccc(-c5cccc(O)c5)cc4)cn3)nc(C)c2c1. The molecular formula is C28H24N6O. The molecule has 0 saturated carbocycles. The van der Waals surface area contributed by atoms with Gasteiger partial charge in [0.15, 0.2) is 0 Å². The van der Waals surface area contributed by atoms with E-state index in [-0.39, 0.29) is 5.75 Å². The Bertz CT molecular complexity index is 1510. The van der Waals surface area contributed by atoms with Crippen molar-refractivity contribution in [3.63, 3.8) is 0 Å². The van der Waals surface area contributed by atoms with Crippen LogP contribution in [0, 0.1) is 13.8 Å². The number of phenolic OH excluding ortho intramolecular Hbond substituents is 1. The minimum atomic E-state index is 0.254. The van der Waals surface area contributed by atoms with Crippen LogP contribution in [-0.4, -0.2) is 26.3 Å². The van der Waals surface area contributed by atoms with Gasteiger partial charge in [-0.15, -0.1) is 0 Å². The van der Waals surface area contributed by atoms with Gasteiger partial charge in [-0.2, -0.15) is 5.10 Å². The van der Waals surface area contributed by atoms with Gasteiger partial charge >= 0.3 is 0 Å². The number of aromatic hydroxyl groups is 1. The summed E-state index contributed by atoms with van der Waals surface area (Å²) < 4.78 is 0. The van der Waals surface area contributed by atoms with Crippen LogP contribution in [0.4, 0.5) is 17.3 Å². The van der Waals surface area contributed by atoms with Crippen LogP contribution < -0.4 is 10.7 Å². The number of hydrogen-bond acceptors (Lipinski definition) is 7. The van der Waals surface area contributed by atoms with E-state index in [4.69, 9.17) is 0 Å². The molecule has 0 radical (unpaired) electrons. The number of benzene rings is 3. The second kappa shape index (κ2) is 9.61. The molecule has 0 atom stereocenters. The maximum absolute atomic E-state index is 9.68. The second-order valence-corrected chi connectivity index (χ2v) is 8.25. The Labute approximate surface area is 203 Å². The molecule has 0 unspecified atom stereocenters.